The Morgan fingerprint density at radius 2 is 2.47 bits per heavy atom. The van der Waals surface area contributed by atoms with Gasteiger partial charge in [-0.15, -0.1) is 0 Å². The van der Waals surface area contributed by atoms with Crippen molar-refractivity contribution in [1.29, 1.82) is 0 Å². The molecule has 0 bridgehead atoms. The minimum absolute atomic E-state index is 0.221. The number of aliphatic hydroxyl groups is 1. The van der Waals surface area contributed by atoms with Gasteiger partial charge in [0.2, 0.25) is 0 Å². The predicted molar refractivity (Wildman–Crippen MR) is 74.5 cm³/mol. The molecule has 0 radical (unpaired) electrons. The maximum atomic E-state index is 11.9. The van der Waals surface area contributed by atoms with Gasteiger partial charge in [-0.1, -0.05) is 0 Å². The third-order valence-electron chi connectivity index (χ3n) is 3.37. The Morgan fingerprint density at radius 1 is 1.74 bits per heavy atom. The number of aliphatic hydroxyl groups excluding tert-OH is 1. The first-order valence-electron chi connectivity index (χ1n) is 6.39. The topological polar surface area (TPSA) is 88.7 Å². The van der Waals surface area contributed by atoms with E-state index in [0.717, 1.165) is 18.0 Å². The zero-order valence-corrected chi connectivity index (χ0v) is 11.9. The van der Waals surface area contributed by atoms with Crippen molar-refractivity contribution < 1.29 is 14.6 Å². The fourth-order valence-corrected chi connectivity index (χ4v) is 3.11. The van der Waals surface area contributed by atoms with Gasteiger partial charge in [0.05, 0.1) is 12.7 Å². The van der Waals surface area contributed by atoms with Crippen LogP contribution in [0.4, 0.5) is 10.8 Å². The lowest BCUT2D eigenvalue weighted by Gasteiger charge is -2.18. The number of nitrogen functional groups attached to an aromatic ring is 1. The van der Waals surface area contributed by atoms with Crippen molar-refractivity contribution in [3.63, 3.8) is 0 Å². The molecule has 1 aliphatic rings. The van der Waals surface area contributed by atoms with Crippen molar-refractivity contribution in [3.8, 4) is 0 Å². The van der Waals surface area contributed by atoms with E-state index in [1.54, 1.807) is 13.8 Å². The summed E-state index contributed by atoms with van der Waals surface area (Å²) in [6, 6.07) is 0. The molecule has 1 aliphatic heterocycles. The number of hydrogen-bond acceptors (Lipinski definition) is 7. The summed E-state index contributed by atoms with van der Waals surface area (Å²) >= 11 is 1.21. The molecular weight excluding hydrogens is 266 g/mol. The van der Waals surface area contributed by atoms with Crippen molar-refractivity contribution >= 4 is 28.3 Å². The number of aromatic nitrogens is 1. The Labute approximate surface area is 116 Å². The van der Waals surface area contributed by atoms with Crippen molar-refractivity contribution in [1.82, 2.24) is 4.37 Å². The maximum absolute atomic E-state index is 11.9. The summed E-state index contributed by atoms with van der Waals surface area (Å²) in [5.74, 6) is 0.0153. The molecule has 106 valence electrons. The van der Waals surface area contributed by atoms with Crippen LogP contribution in [0.25, 0.3) is 0 Å². The molecule has 2 rings (SSSR count). The summed E-state index contributed by atoms with van der Waals surface area (Å²) in [5.41, 5.74) is 6.12. The molecule has 0 spiro atoms. The summed E-state index contributed by atoms with van der Waals surface area (Å²) in [7, 11) is 0. The minimum atomic E-state index is -0.427. The number of rotatable bonds is 4. The highest BCUT2D eigenvalue weighted by Crippen LogP contribution is 2.35. The number of carbonyl (C=O) groups is 1. The van der Waals surface area contributed by atoms with Crippen LogP contribution in [0.2, 0.25) is 0 Å². The number of anilines is 2. The first kappa shape index (κ1) is 14.1. The standard InChI is InChI=1S/C12H19N3O3S/c1-3-18-12(17)9-10(13)14-19-11(9)15-5-4-8(6-15)7(2)16/h7-8,16H,3-6H2,1-2H3,(H2,13,14). The van der Waals surface area contributed by atoms with Crippen LogP contribution >= 0.6 is 11.5 Å². The second kappa shape index (κ2) is 5.75. The quantitative estimate of drug-likeness (QED) is 0.806. The summed E-state index contributed by atoms with van der Waals surface area (Å²) in [6.45, 7) is 5.37. The number of carbonyl (C=O) groups excluding carboxylic acids is 1. The Morgan fingerprint density at radius 3 is 3.05 bits per heavy atom. The lowest BCUT2D eigenvalue weighted by atomic mass is 10.0. The van der Waals surface area contributed by atoms with E-state index in [4.69, 9.17) is 10.5 Å². The number of ether oxygens (including phenoxy) is 1. The average molecular weight is 285 g/mol. The van der Waals surface area contributed by atoms with E-state index in [-0.39, 0.29) is 17.8 Å². The molecule has 2 unspecified atom stereocenters. The second-order valence-corrected chi connectivity index (χ2v) is 5.46. The van der Waals surface area contributed by atoms with Crippen LogP contribution in [0, 0.1) is 5.92 Å². The number of esters is 1. The van der Waals surface area contributed by atoms with Gasteiger partial charge in [0.15, 0.2) is 5.82 Å². The largest absolute Gasteiger partial charge is 0.462 e. The van der Waals surface area contributed by atoms with Crippen LogP contribution in [0.3, 0.4) is 0 Å². The average Bonchev–Trinajstić information content (AvgIpc) is 2.95. The first-order valence-corrected chi connectivity index (χ1v) is 7.17. The van der Waals surface area contributed by atoms with Crippen molar-refractivity contribution in [2.45, 2.75) is 26.4 Å². The molecule has 1 fully saturated rings. The third-order valence-corrected chi connectivity index (χ3v) is 4.30. The molecule has 0 saturated carbocycles. The maximum Gasteiger partial charge on any atom is 0.345 e. The van der Waals surface area contributed by atoms with Crippen molar-refractivity contribution in [2.24, 2.45) is 5.92 Å². The predicted octanol–water partition coefficient (Wildman–Crippen LogP) is 1.11. The van der Waals surface area contributed by atoms with Gasteiger partial charge in [-0.2, -0.15) is 4.37 Å². The van der Waals surface area contributed by atoms with Crippen molar-refractivity contribution in [3.05, 3.63) is 5.56 Å². The Bertz CT molecular complexity index is 461. The van der Waals surface area contributed by atoms with Gasteiger partial charge in [0.25, 0.3) is 0 Å². The van der Waals surface area contributed by atoms with E-state index in [1.165, 1.54) is 11.5 Å². The molecule has 3 N–H and O–H groups in total. The molecule has 19 heavy (non-hydrogen) atoms. The van der Waals surface area contributed by atoms with E-state index in [2.05, 4.69) is 9.27 Å². The molecule has 1 saturated heterocycles. The summed E-state index contributed by atoms with van der Waals surface area (Å²) in [6.07, 6.45) is 0.555. The van der Waals surface area contributed by atoms with E-state index in [0.29, 0.717) is 18.7 Å². The highest BCUT2D eigenvalue weighted by molar-refractivity contribution is 7.11. The summed E-state index contributed by atoms with van der Waals surface area (Å²) in [4.78, 5) is 14.0. The first-order chi connectivity index (χ1) is 9.04. The van der Waals surface area contributed by atoms with Crippen LogP contribution in [0.1, 0.15) is 30.6 Å². The number of nitrogens with two attached hydrogens (primary N) is 1. The van der Waals surface area contributed by atoms with Crippen LogP contribution in [-0.4, -0.2) is 41.2 Å². The molecular formula is C12H19N3O3S. The van der Waals surface area contributed by atoms with Crippen LogP contribution in [0.15, 0.2) is 0 Å². The number of nitrogens with zero attached hydrogens (tertiary/aromatic N) is 2. The van der Waals surface area contributed by atoms with Gasteiger partial charge in [0.1, 0.15) is 10.6 Å². The zero-order valence-electron chi connectivity index (χ0n) is 11.1. The molecule has 2 heterocycles. The minimum Gasteiger partial charge on any atom is -0.462 e. The van der Waals surface area contributed by atoms with Gasteiger partial charge in [0, 0.05) is 19.0 Å². The molecule has 0 aliphatic carbocycles. The van der Waals surface area contributed by atoms with E-state index >= 15 is 0 Å². The SMILES string of the molecule is CCOC(=O)c1c(N)nsc1N1CCC(C(C)O)C1. The number of hydrogen-bond donors (Lipinski definition) is 2. The Balaban J connectivity index is 2.20. The monoisotopic (exact) mass is 285 g/mol. The smallest absolute Gasteiger partial charge is 0.345 e. The fraction of sp³-hybridized carbons (Fsp3) is 0.667. The molecule has 0 aromatic carbocycles. The van der Waals surface area contributed by atoms with Gasteiger partial charge < -0.3 is 20.5 Å². The Hall–Kier alpha value is -1.34. The lowest BCUT2D eigenvalue weighted by Crippen LogP contribution is -2.24. The normalized spacial score (nSPS) is 20.6. The molecule has 1 aromatic rings. The molecule has 2 atom stereocenters. The Kier molecular flexibility index (Phi) is 4.26. The van der Waals surface area contributed by atoms with Crippen molar-refractivity contribution in [2.75, 3.05) is 30.3 Å². The summed E-state index contributed by atoms with van der Waals surface area (Å²) in [5, 5.41) is 10.4. The lowest BCUT2D eigenvalue weighted by molar-refractivity contribution is 0.0528. The molecule has 6 nitrogen and oxygen atoms in total. The van der Waals surface area contributed by atoms with Gasteiger partial charge in [-0.3, -0.25) is 0 Å². The van der Waals surface area contributed by atoms with Crippen LogP contribution in [0.5, 0.6) is 0 Å². The van der Waals surface area contributed by atoms with Gasteiger partial charge in [-0.25, -0.2) is 4.79 Å². The van der Waals surface area contributed by atoms with Crippen LogP contribution < -0.4 is 10.6 Å². The van der Waals surface area contributed by atoms with Crippen LogP contribution in [-0.2, 0) is 4.74 Å². The highest BCUT2D eigenvalue weighted by Gasteiger charge is 2.31. The molecule has 0 amide bonds. The zero-order chi connectivity index (χ0) is 14.0. The fourth-order valence-electron chi connectivity index (χ4n) is 2.27. The van der Waals surface area contributed by atoms with Gasteiger partial charge in [-0.05, 0) is 31.8 Å². The van der Waals surface area contributed by atoms with E-state index in [1.807, 2.05) is 0 Å². The highest BCUT2D eigenvalue weighted by atomic mass is 32.1. The van der Waals surface area contributed by atoms with Gasteiger partial charge >= 0.3 is 5.97 Å². The third kappa shape index (κ3) is 2.82. The molecule has 1 aromatic heterocycles. The van der Waals surface area contributed by atoms with E-state index < -0.39 is 5.97 Å². The second-order valence-electron chi connectivity index (χ2n) is 4.70. The summed E-state index contributed by atoms with van der Waals surface area (Å²) < 4.78 is 9.06. The molecule has 7 heteroatoms. The van der Waals surface area contributed by atoms with E-state index in [9.17, 15) is 9.90 Å².